The fraction of sp³-hybridized carbons (Fsp3) is 0.571. The molecule has 1 aromatic rings. The Hall–Kier alpha value is -1.00. The molecule has 0 aliphatic rings. The third kappa shape index (κ3) is 4.70. The molecule has 0 saturated heterocycles. The molecule has 1 N–H and O–H groups in total. The lowest BCUT2D eigenvalue weighted by atomic mass is 10.0. The Morgan fingerprint density at radius 2 is 2.00 bits per heavy atom. The van der Waals surface area contributed by atoms with Gasteiger partial charge in [-0.05, 0) is 46.1 Å². The first kappa shape index (κ1) is 15.1. The van der Waals surface area contributed by atoms with Crippen molar-refractivity contribution in [1.82, 2.24) is 10.2 Å². The van der Waals surface area contributed by atoms with Crippen molar-refractivity contribution >= 4 is 0 Å². The fourth-order valence-electron chi connectivity index (χ4n) is 1.86. The molecule has 2 nitrogen and oxygen atoms in total. The monoisotopic (exact) mass is 256 g/mol. The minimum Gasteiger partial charge on any atom is -0.310 e. The fourth-order valence-corrected chi connectivity index (χ4v) is 1.86. The Kier molecular flexibility index (Phi) is 6.22. The van der Waals surface area contributed by atoms with Crippen molar-refractivity contribution in [2.75, 3.05) is 27.2 Å². The number of halogens is 2. The van der Waals surface area contributed by atoms with Crippen molar-refractivity contribution in [2.24, 2.45) is 0 Å². The van der Waals surface area contributed by atoms with Crippen LogP contribution in [0.25, 0.3) is 0 Å². The molecule has 0 bridgehead atoms. The van der Waals surface area contributed by atoms with Crippen molar-refractivity contribution in [3.8, 4) is 0 Å². The third-order valence-electron chi connectivity index (χ3n) is 2.84. The third-order valence-corrected chi connectivity index (χ3v) is 2.84. The summed E-state index contributed by atoms with van der Waals surface area (Å²) in [4.78, 5) is 2.06. The van der Waals surface area contributed by atoms with Crippen molar-refractivity contribution in [3.63, 3.8) is 0 Å². The maximum Gasteiger partial charge on any atom is 0.130 e. The molecule has 0 aliphatic heterocycles. The van der Waals surface area contributed by atoms with E-state index in [0.29, 0.717) is 5.56 Å². The van der Waals surface area contributed by atoms with Crippen LogP contribution in [-0.4, -0.2) is 32.1 Å². The highest BCUT2D eigenvalue weighted by Crippen LogP contribution is 2.21. The lowest BCUT2D eigenvalue weighted by Crippen LogP contribution is -2.27. The lowest BCUT2D eigenvalue weighted by Gasteiger charge is -2.21. The smallest absolute Gasteiger partial charge is 0.130 e. The van der Waals surface area contributed by atoms with Crippen LogP contribution in [0.4, 0.5) is 8.78 Å². The number of nitrogens with one attached hydrogen (secondary N) is 1. The summed E-state index contributed by atoms with van der Waals surface area (Å²) >= 11 is 0. The summed E-state index contributed by atoms with van der Waals surface area (Å²) in [7, 11) is 3.97. The Labute approximate surface area is 108 Å². The Bertz CT molecular complexity index is 367. The number of hydrogen-bond acceptors (Lipinski definition) is 2. The van der Waals surface area contributed by atoms with Gasteiger partial charge in [-0.25, -0.2) is 8.78 Å². The molecule has 0 spiro atoms. The maximum absolute atomic E-state index is 13.8. The predicted molar refractivity (Wildman–Crippen MR) is 70.6 cm³/mol. The second kappa shape index (κ2) is 7.44. The average Bonchev–Trinajstić information content (AvgIpc) is 2.30. The van der Waals surface area contributed by atoms with Gasteiger partial charge in [0.1, 0.15) is 11.6 Å². The molecule has 0 amide bonds. The average molecular weight is 256 g/mol. The molecule has 0 aromatic heterocycles. The highest BCUT2D eigenvalue weighted by molar-refractivity contribution is 5.22. The molecule has 1 atom stereocenters. The molecule has 0 radical (unpaired) electrons. The van der Waals surface area contributed by atoms with Gasteiger partial charge in [-0.2, -0.15) is 0 Å². The SMILES string of the molecule is CCCNC(CCN(C)C)c1ccc(F)cc1F. The van der Waals surface area contributed by atoms with Crippen molar-refractivity contribution in [1.29, 1.82) is 0 Å². The molecule has 0 fully saturated rings. The number of hydrogen-bond donors (Lipinski definition) is 1. The zero-order chi connectivity index (χ0) is 13.5. The van der Waals surface area contributed by atoms with Gasteiger partial charge in [-0.3, -0.25) is 0 Å². The van der Waals surface area contributed by atoms with E-state index in [-0.39, 0.29) is 6.04 Å². The van der Waals surface area contributed by atoms with E-state index in [1.54, 1.807) is 0 Å². The van der Waals surface area contributed by atoms with E-state index in [1.807, 2.05) is 14.1 Å². The number of nitrogens with zero attached hydrogens (tertiary/aromatic N) is 1. The van der Waals surface area contributed by atoms with Gasteiger partial charge in [0.25, 0.3) is 0 Å². The Balaban J connectivity index is 2.79. The Morgan fingerprint density at radius 3 is 2.56 bits per heavy atom. The highest BCUT2D eigenvalue weighted by Gasteiger charge is 2.15. The molecule has 102 valence electrons. The topological polar surface area (TPSA) is 15.3 Å². The van der Waals surface area contributed by atoms with Crippen LogP contribution in [0, 0.1) is 11.6 Å². The minimum absolute atomic E-state index is 0.0621. The second-order valence-corrected chi connectivity index (χ2v) is 4.76. The van der Waals surface area contributed by atoms with E-state index in [9.17, 15) is 8.78 Å². The van der Waals surface area contributed by atoms with Gasteiger partial charge in [0.2, 0.25) is 0 Å². The molecular weight excluding hydrogens is 234 g/mol. The van der Waals surface area contributed by atoms with Gasteiger partial charge in [0.15, 0.2) is 0 Å². The quantitative estimate of drug-likeness (QED) is 0.807. The first-order chi connectivity index (χ1) is 8.54. The first-order valence-electron chi connectivity index (χ1n) is 6.37. The predicted octanol–water partition coefficient (Wildman–Crippen LogP) is 2.96. The van der Waals surface area contributed by atoms with Crippen molar-refractivity contribution < 1.29 is 8.78 Å². The maximum atomic E-state index is 13.8. The van der Waals surface area contributed by atoms with Crippen LogP contribution in [0.2, 0.25) is 0 Å². The number of benzene rings is 1. The van der Waals surface area contributed by atoms with E-state index in [2.05, 4.69) is 17.1 Å². The van der Waals surface area contributed by atoms with Crippen LogP contribution < -0.4 is 5.32 Å². The van der Waals surface area contributed by atoms with Crippen LogP contribution >= 0.6 is 0 Å². The summed E-state index contributed by atoms with van der Waals surface area (Å²) in [5.74, 6) is -1.000. The second-order valence-electron chi connectivity index (χ2n) is 4.76. The van der Waals surface area contributed by atoms with E-state index in [4.69, 9.17) is 0 Å². The molecule has 1 aromatic carbocycles. The van der Waals surface area contributed by atoms with Gasteiger partial charge in [-0.1, -0.05) is 13.0 Å². The Morgan fingerprint density at radius 1 is 1.28 bits per heavy atom. The summed E-state index contributed by atoms with van der Waals surface area (Å²) < 4.78 is 26.7. The summed E-state index contributed by atoms with van der Waals surface area (Å²) in [5.41, 5.74) is 0.548. The van der Waals surface area contributed by atoms with Crippen LogP contribution in [0.15, 0.2) is 18.2 Å². The van der Waals surface area contributed by atoms with Gasteiger partial charge in [-0.15, -0.1) is 0 Å². The zero-order valence-corrected chi connectivity index (χ0v) is 11.3. The van der Waals surface area contributed by atoms with E-state index in [1.165, 1.54) is 12.1 Å². The summed E-state index contributed by atoms with van der Waals surface area (Å²) in [6.45, 7) is 3.75. The lowest BCUT2D eigenvalue weighted by molar-refractivity contribution is 0.356. The molecule has 0 aliphatic carbocycles. The van der Waals surface area contributed by atoms with E-state index >= 15 is 0 Å². The van der Waals surface area contributed by atoms with Crippen LogP contribution in [-0.2, 0) is 0 Å². The summed E-state index contributed by atoms with van der Waals surface area (Å²) in [6, 6.07) is 3.74. The molecule has 18 heavy (non-hydrogen) atoms. The number of rotatable bonds is 7. The minimum atomic E-state index is -0.530. The molecule has 1 rings (SSSR count). The van der Waals surface area contributed by atoms with Crippen LogP contribution in [0.5, 0.6) is 0 Å². The van der Waals surface area contributed by atoms with Crippen molar-refractivity contribution in [2.45, 2.75) is 25.8 Å². The first-order valence-corrected chi connectivity index (χ1v) is 6.37. The molecular formula is C14H22F2N2. The zero-order valence-electron chi connectivity index (χ0n) is 11.3. The van der Waals surface area contributed by atoms with Crippen LogP contribution in [0.1, 0.15) is 31.4 Å². The van der Waals surface area contributed by atoms with E-state index < -0.39 is 11.6 Å². The summed E-state index contributed by atoms with van der Waals surface area (Å²) in [5, 5.41) is 3.31. The highest BCUT2D eigenvalue weighted by atomic mass is 19.1. The van der Waals surface area contributed by atoms with Gasteiger partial charge < -0.3 is 10.2 Å². The molecule has 1 unspecified atom stereocenters. The van der Waals surface area contributed by atoms with Gasteiger partial charge in [0.05, 0.1) is 0 Å². The largest absolute Gasteiger partial charge is 0.310 e. The van der Waals surface area contributed by atoms with Gasteiger partial charge in [0, 0.05) is 17.7 Å². The van der Waals surface area contributed by atoms with Gasteiger partial charge >= 0.3 is 0 Å². The molecule has 4 heteroatoms. The molecule has 0 saturated carbocycles. The normalized spacial score (nSPS) is 13.0. The molecule has 0 heterocycles. The summed E-state index contributed by atoms with van der Waals surface area (Å²) in [6.07, 6.45) is 1.79. The standard InChI is InChI=1S/C14H22F2N2/c1-4-8-17-14(7-9-18(2)3)12-6-5-11(15)10-13(12)16/h5-6,10,14,17H,4,7-9H2,1-3H3. The van der Waals surface area contributed by atoms with Crippen molar-refractivity contribution in [3.05, 3.63) is 35.4 Å². The van der Waals surface area contributed by atoms with Crippen LogP contribution in [0.3, 0.4) is 0 Å². The van der Waals surface area contributed by atoms with E-state index in [0.717, 1.165) is 32.0 Å².